The Labute approximate surface area is 160 Å². The van der Waals surface area contributed by atoms with Crippen LogP contribution in [0.25, 0.3) is 0 Å². The van der Waals surface area contributed by atoms with Gasteiger partial charge in [0.15, 0.2) is 15.5 Å². The van der Waals surface area contributed by atoms with E-state index < -0.39 is 5.96 Å². The van der Waals surface area contributed by atoms with Crippen LogP contribution < -0.4 is 10.6 Å². The van der Waals surface area contributed by atoms with Crippen LogP contribution in [0.3, 0.4) is 0 Å². The summed E-state index contributed by atoms with van der Waals surface area (Å²) in [7, 11) is 0. The summed E-state index contributed by atoms with van der Waals surface area (Å²) in [5.41, 5.74) is 1.43. The highest BCUT2D eigenvalue weighted by molar-refractivity contribution is 14.1. The molecule has 3 heteroatoms. The highest BCUT2D eigenvalue weighted by Crippen LogP contribution is 2.64. The second kappa shape index (κ2) is 7.92. The highest BCUT2D eigenvalue weighted by Gasteiger charge is 2.40. The van der Waals surface area contributed by atoms with Gasteiger partial charge in [-0.3, -0.25) is 0 Å². The molecule has 0 saturated carbocycles. The Morgan fingerprint density at radius 1 is 0.696 bits per heavy atom. The molecule has 0 fully saturated rings. The lowest BCUT2D eigenvalue weighted by atomic mass is 10.2. The van der Waals surface area contributed by atoms with E-state index in [1.807, 2.05) is 0 Å². The van der Waals surface area contributed by atoms with Crippen molar-refractivity contribution in [2.24, 2.45) is 0 Å². The summed E-state index contributed by atoms with van der Waals surface area (Å²) in [4.78, 5) is 0. The Hall–Kier alpha value is -0.700. The van der Waals surface area contributed by atoms with Crippen molar-refractivity contribution in [3.8, 4) is 0 Å². The predicted octanol–water partition coefficient (Wildman–Crippen LogP) is 5.81. The first-order valence-electron chi connectivity index (χ1n) is 7.62. The van der Waals surface area contributed by atoms with Gasteiger partial charge in [-0.1, -0.05) is 54.6 Å². The first kappa shape index (κ1) is 17.1. The van der Waals surface area contributed by atoms with E-state index in [2.05, 4.69) is 123 Å². The molecule has 0 radical (unpaired) electrons. The minimum atomic E-state index is -1.55. The predicted molar refractivity (Wildman–Crippen MR) is 116 cm³/mol. The van der Waals surface area contributed by atoms with Crippen molar-refractivity contribution < 1.29 is 0 Å². The van der Waals surface area contributed by atoms with Gasteiger partial charge in [-0.25, -0.2) is 0 Å². The van der Waals surface area contributed by atoms with Crippen molar-refractivity contribution in [2.45, 2.75) is 6.42 Å². The van der Waals surface area contributed by atoms with Gasteiger partial charge in [0.1, 0.15) is 16.6 Å². The van der Waals surface area contributed by atoms with Crippen molar-refractivity contribution in [1.82, 2.24) is 0 Å². The average molecular weight is 496 g/mol. The third-order valence-electron chi connectivity index (χ3n) is 3.98. The van der Waals surface area contributed by atoms with Gasteiger partial charge in [0, 0.05) is 9.99 Å². The van der Waals surface area contributed by atoms with Crippen LogP contribution in [0.2, 0.25) is 0 Å². The van der Waals surface area contributed by atoms with E-state index in [1.165, 1.54) is 19.7 Å². The molecule has 0 N–H and O–H groups in total. The Morgan fingerprint density at radius 2 is 1.17 bits per heavy atom. The molecule has 0 atom stereocenters. The van der Waals surface area contributed by atoms with Gasteiger partial charge in [0.2, 0.25) is 0 Å². The standard InChI is InChI=1S/C20H18BrIP/c21-23(18-10-3-1-4-11-18,19-12-5-2-6-13-19)16-15-17-9-7-8-14-20(17)22/h1-14H,15-16H2/q+1. The number of halogens is 2. The number of hydrogen-bond donors (Lipinski definition) is 0. The van der Waals surface area contributed by atoms with E-state index in [0.29, 0.717) is 0 Å². The van der Waals surface area contributed by atoms with E-state index in [1.54, 1.807) is 0 Å². The van der Waals surface area contributed by atoms with Gasteiger partial charge in [-0.05, 0) is 58.5 Å². The molecule has 3 aromatic carbocycles. The fourth-order valence-corrected chi connectivity index (χ4v) is 7.97. The molecule has 0 amide bonds. The molecule has 0 aliphatic rings. The smallest absolute Gasteiger partial charge is 0.0620 e. The average Bonchev–Trinajstić information content (AvgIpc) is 2.62. The lowest BCUT2D eigenvalue weighted by Crippen LogP contribution is -2.21. The minimum Gasteiger partial charge on any atom is -0.0620 e. The molecule has 0 aromatic heterocycles. The van der Waals surface area contributed by atoms with Crippen LogP contribution in [0, 0.1) is 3.57 Å². The van der Waals surface area contributed by atoms with Gasteiger partial charge >= 0.3 is 0 Å². The third-order valence-corrected chi connectivity index (χ3v) is 11.6. The van der Waals surface area contributed by atoms with E-state index >= 15 is 0 Å². The van der Waals surface area contributed by atoms with Crippen molar-refractivity contribution in [3.63, 3.8) is 0 Å². The summed E-state index contributed by atoms with van der Waals surface area (Å²) in [6.45, 7) is 0. The van der Waals surface area contributed by atoms with Crippen molar-refractivity contribution in [1.29, 1.82) is 0 Å². The van der Waals surface area contributed by atoms with Gasteiger partial charge in [0.25, 0.3) is 0 Å². The van der Waals surface area contributed by atoms with Crippen molar-refractivity contribution in [3.05, 3.63) is 94.1 Å². The molecule has 0 aliphatic carbocycles. The van der Waals surface area contributed by atoms with Crippen LogP contribution in [0.15, 0.2) is 84.9 Å². The largest absolute Gasteiger partial charge is 0.151 e. The molecular formula is C20H18BrIP+. The van der Waals surface area contributed by atoms with Crippen LogP contribution in [-0.2, 0) is 6.42 Å². The number of hydrogen-bond acceptors (Lipinski definition) is 0. The molecule has 0 aliphatic heterocycles. The third kappa shape index (κ3) is 4.04. The van der Waals surface area contributed by atoms with Crippen LogP contribution in [0.5, 0.6) is 0 Å². The zero-order valence-corrected chi connectivity index (χ0v) is 17.3. The van der Waals surface area contributed by atoms with E-state index in [9.17, 15) is 0 Å². The molecular weight excluding hydrogens is 478 g/mol. The molecule has 0 bridgehead atoms. The molecule has 0 saturated heterocycles. The summed E-state index contributed by atoms with van der Waals surface area (Å²) in [5, 5.41) is 2.83. The van der Waals surface area contributed by atoms with Crippen LogP contribution in [0.4, 0.5) is 0 Å². The van der Waals surface area contributed by atoms with Crippen LogP contribution in [-0.4, -0.2) is 6.16 Å². The molecule has 0 nitrogen and oxygen atoms in total. The fourth-order valence-electron chi connectivity index (χ4n) is 2.71. The molecule has 116 valence electrons. The Balaban J connectivity index is 1.95. The monoisotopic (exact) mass is 495 g/mol. The lowest BCUT2D eigenvalue weighted by molar-refractivity contribution is 1.14. The molecule has 3 rings (SSSR count). The summed E-state index contributed by atoms with van der Waals surface area (Å²) in [6, 6.07) is 30.4. The normalized spacial score (nSPS) is 11.4. The number of benzene rings is 3. The lowest BCUT2D eigenvalue weighted by Gasteiger charge is -2.20. The first-order chi connectivity index (χ1) is 11.2. The zero-order valence-electron chi connectivity index (χ0n) is 12.7. The van der Waals surface area contributed by atoms with Gasteiger partial charge < -0.3 is 0 Å². The maximum atomic E-state index is 4.19. The minimum absolute atomic E-state index is 1.09. The SMILES string of the molecule is Br[P+](CCc1ccccc1I)(c1ccccc1)c1ccccc1. The first-order valence-corrected chi connectivity index (χ1v) is 12.7. The van der Waals surface area contributed by atoms with Crippen molar-refractivity contribution in [2.75, 3.05) is 6.16 Å². The van der Waals surface area contributed by atoms with E-state index in [0.717, 1.165) is 12.6 Å². The fraction of sp³-hybridized carbons (Fsp3) is 0.100. The topological polar surface area (TPSA) is 0 Å². The molecule has 3 aromatic rings. The zero-order chi connectivity index (χ0) is 16.1. The van der Waals surface area contributed by atoms with E-state index in [4.69, 9.17) is 0 Å². The van der Waals surface area contributed by atoms with Gasteiger partial charge in [-0.15, -0.1) is 0 Å². The Kier molecular flexibility index (Phi) is 5.90. The van der Waals surface area contributed by atoms with E-state index in [-0.39, 0.29) is 0 Å². The van der Waals surface area contributed by atoms with Gasteiger partial charge in [-0.2, -0.15) is 0 Å². The number of rotatable bonds is 5. The summed E-state index contributed by atoms with van der Waals surface area (Å²) in [6.07, 6.45) is 2.21. The highest BCUT2D eigenvalue weighted by atomic mass is 127. The molecule has 0 heterocycles. The quantitative estimate of drug-likeness (QED) is 0.309. The summed E-state index contributed by atoms with van der Waals surface area (Å²) < 4.78 is 1.35. The molecule has 0 spiro atoms. The second-order valence-electron chi connectivity index (χ2n) is 5.45. The maximum absolute atomic E-state index is 4.19. The Bertz CT molecular complexity index is 719. The van der Waals surface area contributed by atoms with Gasteiger partial charge in [0.05, 0.1) is 6.16 Å². The summed E-state index contributed by atoms with van der Waals surface area (Å²) >= 11 is 6.63. The second-order valence-corrected chi connectivity index (χ2v) is 13.2. The van der Waals surface area contributed by atoms with Crippen LogP contribution in [0.1, 0.15) is 5.56 Å². The van der Waals surface area contributed by atoms with Crippen LogP contribution >= 0.6 is 44.0 Å². The summed E-state index contributed by atoms with van der Waals surface area (Å²) in [5.74, 6) is -1.55. The molecule has 0 unspecified atom stereocenters. The maximum Gasteiger partial charge on any atom is 0.151 e. The van der Waals surface area contributed by atoms with Crippen molar-refractivity contribution >= 4 is 54.7 Å². The molecule has 23 heavy (non-hydrogen) atoms. The Morgan fingerprint density at radius 3 is 1.70 bits per heavy atom. The number of aryl methyl sites for hydroxylation is 1.